The number of rotatable bonds is 4. The van der Waals surface area contributed by atoms with E-state index in [2.05, 4.69) is 24.0 Å². The van der Waals surface area contributed by atoms with Crippen molar-refractivity contribution in [2.45, 2.75) is 33.8 Å². The molecule has 0 aliphatic heterocycles. The second-order valence-electron chi connectivity index (χ2n) is 5.37. The molecule has 2 aromatic rings. The van der Waals surface area contributed by atoms with Crippen molar-refractivity contribution in [3.63, 3.8) is 0 Å². The van der Waals surface area contributed by atoms with Crippen molar-refractivity contribution in [3.8, 4) is 11.5 Å². The Balaban J connectivity index is 2.43. The zero-order valence-electron chi connectivity index (χ0n) is 12.6. The summed E-state index contributed by atoms with van der Waals surface area (Å²) in [4.78, 5) is 4.46. The van der Waals surface area contributed by atoms with E-state index in [1.54, 1.807) is 7.11 Å². The summed E-state index contributed by atoms with van der Waals surface area (Å²) in [7, 11) is 1.65. The average molecular weight is 275 g/mol. The molecule has 0 amide bonds. The summed E-state index contributed by atoms with van der Waals surface area (Å²) in [6, 6.07) is 3.79. The van der Waals surface area contributed by atoms with Crippen molar-refractivity contribution >= 4 is 5.69 Å². The standard InChI is InChI=1S/C15H21N3O2/c1-8(2)13(19-5)14-17-15(20-18-14)12-7-11(16)6-9(3)10(12)4/h6-8,13H,16H2,1-5H3. The van der Waals surface area contributed by atoms with Gasteiger partial charge in [-0.2, -0.15) is 4.98 Å². The zero-order valence-corrected chi connectivity index (χ0v) is 12.6. The summed E-state index contributed by atoms with van der Waals surface area (Å²) < 4.78 is 10.8. The van der Waals surface area contributed by atoms with E-state index in [0.29, 0.717) is 17.4 Å². The molecule has 108 valence electrons. The highest BCUT2D eigenvalue weighted by Crippen LogP contribution is 2.29. The number of hydrogen-bond acceptors (Lipinski definition) is 5. The maximum atomic E-state index is 5.89. The smallest absolute Gasteiger partial charge is 0.258 e. The molecule has 2 rings (SSSR count). The van der Waals surface area contributed by atoms with Gasteiger partial charge in [0.1, 0.15) is 6.10 Å². The molecule has 2 N–H and O–H groups in total. The van der Waals surface area contributed by atoms with E-state index >= 15 is 0 Å². The first-order chi connectivity index (χ1) is 9.43. The van der Waals surface area contributed by atoms with Gasteiger partial charge in [0.15, 0.2) is 0 Å². The first-order valence-corrected chi connectivity index (χ1v) is 6.67. The number of hydrogen-bond donors (Lipinski definition) is 1. The quantitative estimate of drug-likeness (QED) is 0.867. The number of aryl methyl sites for hydroxylation is 1. The highest BCUT2D eigenvalue weighted by atomic mass is 16.5. The maximum absolute atomic E-state index is 5.89. The van der Waals surface area contributed by atoms with Gasteiger partial charge in [0.25, 0.3) is 5.89 Å². The Morgan fingerprint density at radius 1 is 1.25 bits per heavy atom. The Morgan fingerprint density at radius 3 is 2.55 bits per heavy atom. The molecule has 1 unspecified atom stereocenters. The molecule has 0 saturated heterocycles. The highest BCUT2D eigenvalue weighted by Gasteiger charge is 2.22. The largest absolute Gasteiger partial charge is 0.399 e. The van der Waals surface area contributed by atoms with Crippen LogP contribution in [0.3, 0.4) is 0 Å². The van der Waals surface area contributed by atoms with Crippen LogP contribution in [-0.2, 0) is 4.74 Å². The fourth-order valence-corrected chi connectivity index (χ4v) is 2.24. The lowest BCUT2D eigenvalue weighted by Crippen LogP contribution is -2.10. The summed E-state index contributed by atoms with van der Waals surface area (Å²) in [5, 5.41) is 4.03. The van der Waals surface area contributed by atoms with Gasteiger partial charge in [-0.15, -0.1) is 0 Å². The summed E-state index contributed by atoms with van der Waals surface area (Å²) in [5.41, 5.74) is 9.65. The van der Waals surface area contributed by atoms with E-state index in [9.17, 15) is 0 Å². The van der Waals surface area contributed by atoms with E-state index in [0.717, 1.165) is 16.7 Å². The van der Waals surface area contributed by atoms with E-state index in [-0.39, 0.29) is 12.0 Å². The van der Waals surface area contributed by atoms with Gasteiger partial charge in [0.05, 0.1) is 0 Å². The number of nitrogens with two attached hydrogens (primary N) is 1. The predicted molar refractivity (Wildman–Crippen MR) is 78.2 cm³/mol. The first kappa shape index (κ1) is 14.5. The third kappa shape index (κ3) is 2.67. The SMILES string of the molecule is COC(c1noc(-c2cc(N)cc(C)c2C)n1)C(C)C. The third-order valence-electron chi connectivity index (χ3n) is 3.48. The minimum Gasteiger partial charge on any atom is -0.399 e. The lowest BCUT2D eigenvalue weighted by atomic mass is 10.0. The normalized spacial score (nSPS) is 12.9. The topological polar surface area (TPSA) is 74.2 Å². The van der Waals surface area contributed by atoms with Gasteiger partial charge in [-0.3, -0.25) is 0 Å². The number of nitrogen functional groups attached to an aromatic ring is 1. The lowest BCUT2D eigenvalue weighted by molar-refractivity contribution is 0.0556. The monoisotopic (exact) mass is 275 g/mol. The van der Waals surface area contributed by atoms with Gasteiger partial charge in [-0.1, -0.05) is 19.0 Å². The van der Waals surface area contributed by atoms with Gasteiger partial charge in [0, 0.05) is 18.4 Å². The minimum atomic E-state index is -0.171. The molecule has 0 radical (unpaired) electrons. The summed E-state index contributed by atoms with van der Waals surface area (Å²) in [6.07, 6.45) is -0.171. The van der Waals surface area contributed by atoms with Crippen LogP contribution in [0.25, 0.3) is 11.5 Å². The van der Waals surface area contributed by atoms with E-state index in [1.165, 1.54) is 0 Å². The molecule has 1 aromatic carbocycles. The maximum Gasteiger partial charge on any atom is 0.258 e. The fraction of sp³-hybridized carbons (Fsp3) is 0.467. The number of aromatic nitrogens is 2. The van der Waals surface area contributed by atoms with Crippen LogP contribution in [0.15, 0.2) is 16.7 Å². The van der Waals surface area contributed by atoms with Gasteiger partial charge in [-0.05, 0) is 43.0 Å². The third-order valence-corrected chi connectivity index (χ3v) is 3.48. The van der Waals surface area contributed by atoms with Gasteiger partial charge >= 0.3 is 0 Å². The number of anilines is 1. The van der Waals surface area contributed by atoms with Crippen LogP contribution in [0.4, 0.5) is 5.69 Å². The number of nitrogens with zero attached hydrogens (tertiary/aromatic N) is 2. The molecule has 1 aromatic heterocycles. The molecule has 20 heavy (non-hydrogen) atoms. The molecule has 1 atom stereocenters. The second-order valence-corrected chi connectivity index (χ2v) is 5.37. The second kappa shape index (κ2) is 5.63. The van der Waals surface area contributed by atoms with Gasteiger partial charge in [-0.25, -0.2) is 0 Å². The van der Waals surface area contributed by atoms with Crippen LogP contribution < -0.4 is 5.73 Å². The predicted octanol–water partition coefficient (Wildman–Crippen LogP) is 3.28. The zero-order chi connectivity index (χ0) is 14.9. The van der Waals surface area contributed by atoms with Crippen LogP contribution in [0.5, 0.6) is 0 Å². The highest BCUT2D eigenvalue weighted by molar-refractivity contribution is 5.66. The van der Waals surface area contributed by atoms with E-state index in [4.69, 9.17) is 15.0 Å². The van der Waals surface area contributed by atoms with Crippen LogP contribution in [0.2, 0.25) is 0 Å². The van der Waals surface area contributed by atoms with Crippen LogP contribution in [0.1, 0.15) is 36.9 Å². The molecule has 0 bridgehead atoms. The van der Waals surface area contributed by atoms with Crippen molar-refractivity contribution in [2.75, 3.05) is 12.8 Å². The van der Waals surface area contributed by atoms with Gasteiger partial charge < -0.3 is 15.0 Å². The molecule has 5 nitrogen and oxygen atoms in total. The van der Waals surface area contributed by atoms with Crippen molar-refractivity contribution in [3.05, 3.63) is 29.1 Å². The summed E-state index contributed by atoms with van der Waals surface area (Å²) >= 11 is 0. The Labute approximate surface area is 119 Å². The van der Waals surface area contributed by atoms with Gasteiger partial charge in [0.2, 0.25) is 5.82 Å². The molecule has 0 aliphatic carbocycles. The van der Waals surface area contributed by atoms with Crippen molar-refractivity contribution < 1.29 is 9.26 Å². The van der Waals surface area contributed by atoms with Crippen molar-refractivity contribution in [1.29, 1.82) is 0 Å². The summed E-state index contributed by atoms with van der Waals surface area (Å²) in [6.45, 7) is 8.14. The van der Waals surface area contributed by atoms with Crippen LogP contribution in [0, 0.1) is 19.8 Å². The Morgan fingerprint density at radius 2 is 1.95 bits per heavy atom. The van der Waals surface area contributed by atoms with Crippen molar-refractivity contribution in [1.82, 2.24) is 10.1 Å². The lowest BCUT2D eigenvalue weighted by Gasteiger charge is -2.14. The average Bonchev–Trinajstić information content (AvgIpc) is 2.83. The van der Waals surface area contributed by atoms with E-state index in [1.807, 2.05) is 26.0 Å². The molecule has 0 spiro atoms. The fourth-order valence-electron chi connectivity index (χ4n) is 2.24. The first-order valence-electron chi connectivity index (χ1n) is 6.67. The van der Waals surface area contributed by atoms with Crippen molar-refractivity contribution in [2.24, 2.45) is 5.92 Å². The Bertz CT molecular complexity index is 605. The number of benzene rings is 1. The Hall–Kier alpha value is -1.88. The number of ether oxygens (including phenoxy) is 1. The molecular weight excluding hydrogens is 254 g/mol. The molecule has 0 aliphatic rings. The molecular formula is C15H21N3O2. The molecule has 0 fully saturated rings. The molecule has 0 saturated carbocycles. The van der Waals surface area contributed by atoms with E-state index < -0.39 is 0 Å². The molecule has 1 heterocycles. The van der Waals surface area contributed by atoms with Crippen LogP contribution >= 0.6 is 0 Å². The van der Waals surface area contributed by atoms with Crippen LogP contribution in [-0.4, -0.2) is 17.3 Å². The summed E-state index contributed by atoms with van der Waals surface area (Å²) in [5.74, 6) is 1.32. The minimum absolute atomic E-state index is 0.171. The molecule has 5 heteroatoms. The Kier molecular flexibility index (Phi) is 4.09. The number of methoxy groups -OCH3 is 1.